The fraction of sp³-hybridized carbons (Fsp3) is 0.296. The highest BCUT2D eigenvalue weighted by atomic mass is 19.1. The number of fused-ring (bicyclic) bond motifs is 1. The maximum Gasteiger partial charge on any atom is 0.261 e. The van der Waals surface area contributed by atoms with Crippen LogP contribution in [0.1, 0.15) is 57.2 Å². The summed E-state index contributed by atoms with van der Waals surface area (Å²) in [4.78, 5) is 28.2. The summed E-state index contributed by atoms with van der Waals surface area (Å²) in [5, 5.41) is 14.6. The molecule has 2 aromatic carbocycles. The fourth-order valence-electron chi connectivity index (χ4n) is 5.06. The average molecular weight is 500 g/mol. The van der Waals surface area contributed by atoms with Gasteiger partial charge in [0.05, 0.1) is 24.1 Å². The second-order valence-corrected chi connectivity index (χ2v) is 9.61. The molecule has 10 heteroatoms. The minimum Gasteiger partial charge on any atom is -0.392 e. The Morgan fingerprint density at radius 1 is 1.19 bits per heavy atom. The molecular formula is C27H26FN7O2. The Labute approximate surface area is 212 Å². The van der Waals surface area contributed by atoms with E-state index in [-0.39, 0.29) is 18.1 Å². The fourth-order valence-corrected chi connectivity index (χ4v) is 5.06. The van der Waals surface area contributed by atoms with E-state index in [4.69, 9.17) is 5.73 Å². The Hall–Kier alpha value is -4.18. The summed E-state index contributed by atoms with van der Waals surface area (Å²) in [5.41, 5.74) is 10.2. The number of benzene rings is 2. The van der Waals surface area contributed by atoms with Gasteiger partial charge in [-0.05, 0) is 54.0 Å². The number of aryl methyl sites for hydroxylation is 1. The highest BCUT2D eigenvalue weighted by Crippen LogP contribution is 2.42. The Balaban J connectivity index is 1.37. The summed E-state index contributed by atoms with van der Waals surface area (Å²) in [6.07, 6.45) is 6.66. The maximum absolute atomic E-state index is 15.1. The molecule has 6 rings (SSSR count). The van der Waals surface area contributed by atoms with Gasteiger partial charge in [0.2, 0.25) is 5.95 Å². The summed E-state index contributed by atoms with van der Waals surface area (Å²) in [7, 11) is 1.83. The second kappa shape index (κ2) is 9.04. The first-order valence-electron chi connectivity index (χ1n) is 12.3. The van der Waals surface area contributed by atoms with E-state index < -0.39 is 11.7 Å². The highest BCUT2D eigenvalue weighted by molar-refractivity contribution is 6.09. The smallest absolute Gasteiger partial charge is 0.261 e. The first-order chi connectivity index (χ1) is 17.9. The number of aliphatic hydroxyl groups excluding tert-OH is 1. The molecule has 3 N–H and O–H groups in total. The molecule has 4 aromatic rings. The van der Waals surface area contributed by atoms with Crippen LogP contribution in [0.3, 0.4) is 0 Å². The van der Waals surface area contributed by atoms with Gasteiger partial charge in [-0.25, -0.2) is 9.37 Å². The van der Waals surface area contributed by atoms with Gasteiger partial charge in [0.15, 0.2) is 5.82 Å². The first-order valence-corrected chi connectivity index (χ1v) is 12.3. The molecule has 9 nitrogen and oxygen atoms in total. The lowest BCUT2D eigenvalue weighted by atomic mass is 9.93. The van der Waals surface area contributed by atoms with Crippen LogP contribution in [0, 0.1) is 5.82 Å². The molecule has 1 aliphatic heterocycles. The number of nitrogen functional groups attached to an aromatic ring is 1. The van der Waals surface area contributed by atoms with Gasteiger partial charge in [-0.15, -0.1) is 0 Å². The number of carbonyl (C=O) groups excluding carboxylic acids is 1. The SMILES string of the molecule is Cn1cc(Cc2nc(N)nc(-c3cccc(N4CCc5cc(C6CC6)cc(F)c5C4=O)c3CO)n2)cn1. The lowest BCUT2D eigenvalue weighted by molar-refractivity contribution is 0.0976. The average Bonchev–Trinajstić information content (AvgIpc) is 3.65. The number of halogens is 1. The largest absolute Gasteiger partial charge is 0.392 e. The molecule has 1 aliphatic carbocycles. The summed E-state index contributed by atoms with van der Waals surface area (Å²) >= 11 is 0. The Bertz CT molecular complexity index is 1530. The molecule has 1 fully saturated rings. The molecule has 0 spiro atoms. The maximum atomic E-state index is 15.1. The van der Waals surface area contributed by atoms with E-state index >= 15 is 4.39 Å². The molecule has 2 aromatic heterocycles. The van der Waals surface area contributed by atoms with Crippen molar-refractivity contribution < 1.29 is 14.3 Å². The van der Waals surface area contributed by atoms with Crippen molar-refractivity contribution in [3.63, 3.8) is 0 Å². The summed E-state index contributed by atoms with van der Waals surface area (Å²) in [6, 6.07) is 8.75. The summed E-state index contributed by atoms with van der Waals surface area (Å²) in [6.45, 7) is 0.0101. The van der Waals surface area contributed by atoms with Crippen molar-refractivity contribution in [1.29, 1.82) is 0 Å². The van der Waals surface area contributed by atoms with E-state index in [1.807, 2.05) is 19.3 Å². The normalized spacial score (nSPS) is 15.2. The van der Waals surface area contributed by atoms with E-state index in [1.165, 1.54) is 11.0 Å². The Morgan fingerprint density at radius 2 is 2.03 bits per heavy atom. The number of aromatic nitrogens is 5. The van der Waals surface area contributed by atoms with Crippen molar-refractivity contribution in [1.82, 2.24) is 24.7 Å². The quantitative estimate of drug-likeness (QED) is 0.418. The number of aliphatic hydroxyl groups is 1. The third kappa shape index (κ3) is 4.33. The third-order valence-corrected chi connectivity index (χ3v) is 6.97. The molecule has 188 valence electrons. The first kappa shape index (κ1) is 23.2. The topological polar surface area (TPSA) is 123 Å². The van der Waals surface area contributed by atoms with Crippen molar-refractivity contribution in [2.24, 2.45) is 7.05 Å². The van der Waals surface area contributed by atoms with Crippen molar-refractivity contribution in [3.8, 4) is 11.4 Å². The van der Waals surface area contributed by atoms with Crippen LogP contribution in [-0.4, -0.2) is 42.3 Å². The number of amides is 1. The molecule has 0 radical (unpaired) electrons. The van der Waals surface area contributed by atoms with Gasteiger partial charge >= 0.3 is 0 Å². The van der Waals surface area contributed by atoms with Gasteiger partial charge in [0.1, 0.15) is 11.6 Å². The van der Waals surface area contributed by atoms with Crippen LogP contribution in [0.4, 0.5) is 16.0 Å². The lowest BCUT2D eigenvalue weighted by Gasteiger charge is -2.31. The molecule has 0 unspecified atom stereocenters. The molecule has 2 aliphatic rings. The zero-order valence-corrected chi connectivity index (χ0v) is 20.4. The monoisotopic (exact) mass is 499 g/mol. The third-order valence-electron chi connectivity index (χ3n) is 6.97. The van der Waals surface area contributed by atoms with Crippen LogP contribution in [0.25, 0.3) is 11.4 Å². The number of nitrogens with two attached hydrogens (primary N) is 1. The lowest BCUT2D eigenvalue weighted by Crippen LogP contribution is -2.39. The number of hydrogen-bond donors (Lipinski definition) is 2. The zero-order chi connectivity index (χ0) is 25.7. The summed E-state index contributed by atoms with van der Waals surface area (Å²) < 4.78 is 16.8. The molecule has 1 amide bonds. The second-order valence-electron chi connectivity index (χ2n) is 9.61. The molecule has 0 bridgehead atoms. The number of carbonyl (C=O) groups is 1. The molecule has 37 heavy (non-hydrogen) atoms. The van der Waals surface area contributed by atoms with E-state index in [0.717, 1.165) is 29.5 Å². The standard InChI is InChI=1S/C27H26FN7O2/c1-34-13-15(12-30-34)9-23-31-25(33-27(29)32-23)19-3-2-4-22(20(19)14-36)35-8-7-17-10-18(16-5-6-16)11-21(28)24(17)26(35)37/h2-4,10-13,16,36H,5-9,14H2,1H3,(H2,29,31,32,33). The van der Waals surface area contributed by atoms with E-state index in [9.17, 15) is 9.90 Å². The van der Waals surface area contributed by atoms with Gasteiger partial charge in [-0.1, -0.05) is 18.2 Å². The van der Waals surface area contributed by atoms with Gasteiger partial charge in [-0.3, -0.25) is 9.48 Å². The minimum absolute atomic E-state index is 0.0506. The number of hydrogen-bond acceptors (Lipinski definition) is 7. The number of nitrogens with zero attached hydrogens (tertiary/aromatic N) is 6. The molecule has 0 saturated heterocycles. The van der Waals surface area contributed by atoms with Crippen LogP contribution in [0.5, 0.6) is 0 Å². The van der Waals surface area contributed by atoms with Gasteiger partial charge < -0.3 is 15.7 Å². The van der Waals surface area contributed by atoms with Crippen LogP contribution < -0.4 is 10.6 Å². The van der Waals surface area contributed by atoms with Crippen molar-refractivity contribution in [2.45, 2.75) is 38.2 Å². The van der Waals surface area contributed by atoms with Gasteiger partial charge in [-0.2, -0.15) is 15.1 Å². The predicted molar refractivity (Wildman–Crippen MR) is 135 cm³/mol. The molecule has 1 saturated carbocycles. The van der Waals surface area contributed by atoms with Crippen molar-refractivity contribution in [3.05, 3.63) is 82.2 Å². The number of rotatable bonds is 6. The van der Waals surface area contributed by atoms with E-state index in [0.29, 0.717) is 53.8 Å². The van der Waals surface area contributed by atoms with Crippen molar-refractivity contribution in [2.75, 3.05) is 17.2 Å². The molecular weight excluding hydrogens is 473 g/mol. The van der Waals surface area contributed by atoms with Gasteiger partial charge in [0.25, 0.3) is 5.91 Å². The van der Waals surface area contributed by atoms with Crippen LogP contribution in [0.15, 0.2) is 42.7 Å². The Morgan fingerprint density at radius 3 is 2.76 bits per heavy atom. The van der Waals surface area contributed by atoms with Crippen LogP contribution in [0.2, 0.25) is 0 Å². The Kier molecular flexibility index (Phi) is 5.68. The molecule has 3 heterocycles. The van der Waals surface area contributed by atoms with Crippen LogP contribution in [-0.2, 0) is 26.5 Å². The van der Waals surface area contributed by atoms with Crippen LogP contribution >= 0.6 is 0 Å². The molecule has 0 atom stereocenters. The zero-order valence-electron chi connectivity index (χ0n) is 20.4. The van der Waals surface area contributed by atoms with Crippen molar-refractivity contribution >= 4 is 17.5 Å². The summed E-state index contributed by atoms with van der Waals surface area (Å²) in [5.74, 6) is 0.307. The number of anilines is 2. The minimum atomic E-state index is -0.485. The van der Waals surface area contributed by atoms with E-state index in [1.54, 1.807) is 29.1 Å². The predicted octanol–water partition coefficient (Wildman–Crippen LogP) is 3.16. The highest BCUT2D eigenvalue weighted by Gasteiger charge is 2.33. The van der Waals surface area contributed by atoms with Gasteiger partial charge in [0, 0.05) is 37.3 Å². The van der Waals surface area contributed by atoms with E-state index in [2.05, 4.69) is 20.1 Å².